The molecule has 1 fully saturated rings. The van der Waals surface area contributed by atoms with Crippen LogP contribution in [0.15, 0.2) is 0 Å². The first-order valence-corrected chi connectivity index (χ1v) is 3.65. The lowest BCUT2D eigenvalue weighted by molar-refractivity contribution is -0.0728. The molecule has 4 atom stereocenters. The number of rotatable bonds is 0. The molecule has 0 bridgehead atoms. The molecular weight excluding hydrogens is 132 g/mol. The van der Waals surface area contributed by atoms with E-state index in [-0.39, 0.29) is 5.92 Å². The summed E-state index contributed by atoms with van der Waals surface area (Å²) in [5.41, 5.74) is 0. The Morgan fingerprint density at radius 3 is 1.90 bits per heavy atom. The minimum absolute atomic E-state index is 0.110. The molecule has 1 aliphatic rings. The van der Waals surface area contributed by atoms with Crippen LogP contribution >= 0.6 is 0 Å². The summed E-state index contributed by atoms with van der Waals surface area (Å²) >= 11 is 0. The van der Waals surface area contributed by atoms with Gasteiger partial charge in [0, 0.05) is 6.42 Å². The number of aliphatic hydroxyl groups excluding tert-OH is 3. The minimum Gasteiger partial charge on any atom is -0.393 e. The van der Waals surface area contributed by atoms with Gasteiger partial charge < -0.3 is 15.3 Å². The van der Waals surface area contributed by atoms with Gasteiger partial charge in [-0.3, -0.25) is 0 Å². The maximum Gasteiger partial charge on any atom is 0.0823 e. The summed E-state index contributed by atoms with van der Waals surface area (Å²) in [6.07, 6.45) is -1.01. The van der Waals surface area contributed by atoms with Gasteiger partial charge in [0.25, 0.3) is 0 Å². The molecule has 10 heavy (non-hydrogen) atoms. The average Bonchev–Trinajstić information content (AvgIpc) is 1.84. The molecule has 1 aliphatic carbocycles. The molecule has 0 heterocycles. The highest BCUT2D eigenvalue weighted by Gasteiger charge is 2.31. The Morgan fingerprint density at radius 1 is 0.900 bits per heavy atom. The van der Waals surface area contributed by atoms with Gasteiger partial charge in [-0.05, 0) is 12.3 Å². The van der Waals surface area contributed by atoms with Crippen molar-refractivity contribution in [2.24, 2.45) is 5.92 Å². The fraction of sp³-hybridized carbons (Fsp3) is 1.00. The highest BCUT2D eigenvalue weighted by Crippen LogP contribution is 2.24. The summed E-state index contributed by atoms with van der Waals surface area (Å²) < 4.78 is 0. The summed E-state index contributed by atoms with van der Waals surface area (Å²) in [4.78, 5) is 0. The van der Waals surface area contributed by atoms with E-state index >= 15 is 0 Å². The maximum absolute atomic E-state index is 9.19. The van der Waals surface area contributed by atoms with E-state index in [4.69, 9.17) is 10.2 Å². The predicted octanol–water partition coefficient (Wildman–Crippen LogP) is -0.501. The Kier molecular flexibility index (Phi) is 2.28. The van der Waals surface area contributed by atoms with Crippen molar-refractivity contribution in [2.45, 2.75) is 38.1 Å². The van der Waals surface area contributed by atoms with E-state index in [0.717, 1.165) is 0 Å². The maximum atomic E-state index is 9.19. The zero-order chi connectivity index (χ0) is 7.72. The summed E-state index contributed by atoms with van der Waals surface area (Å²) in [6, 6.07) is 0. The van der Waals surface area contributed by atoms with Crippen molar-refractivity contribution in [3.05, 3.63) is 0 Å². The van der Waals surface area contributed by atoms with E-state index in [9.17, 15) is 5.11 Å². The summed E-state index contributed by atoms with van der Waals surface area (Å²) in [5.74, 6) is 0.110. The van der Waals surface area contributed by atoms with E-state index < -0.39 is 18.3 Å². The topological polar surface area (TPSA) is 60.7 Å². The lowest BCUT2D eigenvalue weighted by Gasteiger charge is -2.31. The number of aliphatic hydroxyl groups is 3. The average molecular weight is 146 g/mol. The Balaban J connectivity index is 2.46. The van der Waals surface area contributed by atoms with Crippen LogP contribution in [0, 0.1) is 5.92 Å². The lowest BCUT2D eigenvalue weighted by atomic mass is 9.84. The van der Waals surface area contributed by atoms with Crippen LogP contribution in [0.2, 0.25) is 0 Å². The molecular formula is C7H14O3. The van der Waals surface area contributed by atoms with Gasteiger partial charge in [0.15, 0.2) is 0 Å². The molecule has 3 nitrogen and oxygen atoms in total. The van der Waals surface area contributed by atoms with Gasteiger partial charge in [-0.1, -0.05) is 6.92 Å². The van der Waals surface area contributed by atoms with E-state index in [1.165, 1.54) is 0 Å². The van der Waals surface area contributed by atoms with Crippen molar-refractivity contribution >= 4 is 0 Å². The normalized spacial score (nSPS) is 49.2. The molecule has 0 amide bonds. The summed E-state index contributed by atoms with van der Waals surface area (Å²) in [5, 5.41) is 27.4. The second-order valence-electron chi connectivity index (χ2n) is 3.15. The van der Waals surface area contributed by atoms with Crippen LogP contribution in [0.1, 0.15) is 19.8 Å². The van der Waals surface area contributed by atoms with Gasteiger partial charge >= 0.3 is 0 Å². The van der Waals surface area contributed by atoms with Crippen molar-refractivity contribution in [3.63, 3.8) is 0 Å². The largest absolute Gasteiger partial charge is 0.393 e. The molecule has 3 N–H and O–H groups in total. The highest BCUT2D eigenvalue weighted by molar-refractivity contribution is 4.82. The summed E-state index contributed by atoms with van der Waals surface area (Å²) in [6.45, 7) is 1.87. The molecule has 0 aromatic heterocycles. The van der Waals surface area contributed by atoms with Crippen LogP contribution in [0.4, 0.5) is 0 Å². The smallest absolute Gasteiger partial charge is 0.0823 e. The minimum atomic E-state index is -0.730. The second kappa shape index (κ2) is 2.86. The molecule has 0 aromatic rings. The molecule has 0 spiro atoms. The zero-order valence-corrected chi connectivity index (χ0v) is 6.07. The predicted molar refractivity (Wildman–Crippen MR) is 36.4 cm³/mol. The molecule has 0 radical (unpaired) electrons. The third-order valence-corrected chi connectivity index (χ3v) is 2.20. The van der Waals surface area contributed by atoms with Gasteiger partial charge in [-0.2, -0.15) is 0 Å². The van der Waals surface area contributed by atoms with Crippen LogP contribution < -0.4 is 0 Å². The number of hydrogen-bond donors (Lipinski definition) is 3. The highest BCUT2D eigenvalue weighted by atomic mass is 16.3. The molecule has 60 valence electrons. The third kappa shape index (κ3) is 1.48. The van der Waals surface area contributed by atoms with Crippen molar-refractivity contribution in [2.75, 3.05) is 0 Å². The molecule has 0 aromatic carbocycles. The van der Waals surface area contributed by atoms with E-state index in [2.05, 4.69) is 0 Å². The Morgan fingerprint density at radius 2 is 1.40 bits per heavy atom. The Labute approximate surface area is 60.3 Å². The first-order chi connectivity index (χ1) is 4.61. The third-order valence-electron chi connectivity index (χ3n) is 2.20. The monoisotopic (exact) mass is 146 g/mol. The van der Waals surface area contributed by atoms with Crippen LogP contribution in [0.3, 0.4) is 0 Å². The SMILES string of the molecule is CC1CC(O)C(O)CC1O. The molecule has 1 rings (SSSR count). The lowest BCUT2D eigenvalue weighted by Crippen LogP contribution is -2.40. The van der Waals surface area contributed by atoms with Crippen LogP contribution in [-0.4, -0.2) is 33.6 Å². The molecule has 4 unspecified atom stereocenters. The fourth-order valence-corrected chi connectivity index (χ4v) is 1.33. The molecule has 1 saturated carbocycles. The van der Waals surface area contributed by atoms with Gasteiger partial charge in [-0.15, -0.1) is 0 Å². The van der Waals surface area contributed by atoms with Crippen molar-refractivity contribution in [3.8, 4) is 0 Å². The zero-order valence-electron chi connectivity index (χ0n) is 6.07. The van der Waals surface area contributed by atoms with E-state index in [0.29, 0.717) is 12.8 Å². The van der Waals surface area contributed by atoms with E-state index in [1.54, 1.807) is 0 Å². The van der Waals surface area contributed by atoms with Crippen molar-refractivity contribution < 1.29 is 15.3 Å². The summed E-state index contributed by atoms with van der Waals surface area (Å²) in [7, 11) is 0. The van der Waals surface area contributed by atoms with E-state index in [1.807, 2.05) is 6.92 Å². The quantitative estimate of drug-likeness (QED) is 0.431. The first-order valence-electron chi connectivity index (χ1n) is 3.65. The van der Waals surface area contributed by atoms with Gasteiger partial charge in [0.1, 0.15) is 0 Å². The standard InChI is InChI=1S/C7H14O3/c1-4-2-6(9)7(10)3-5(4)8/h4-10H,2-3H2,1H3. The molecule has 0 aliphatic heterocycles. The van der Waals surface area contributed by atoms with Crippen LogP contribution in [0.25, 0.3) is 0 Å². The Bertz CT molecular complexity index is 89.4. The van der Waals surface area contributed by atoms with Gasteiger partial charge in [0.2, 0.25) is 0 Å². The van der Waals surface area contributed by atoms with Gasteiger partial charge in [-0.25, -0.2) is 0 Å². The molecule has 0 saturated heterocycles. The second-order valence-corrected chi connectivity index (χ2v) is 3.15. The first kappa shape index (κ1) is 7.98. The van der Waals surface area contributed by atoms with Crippen LogP contribution in [-0.2, 0) is 0 Å². The fourth-order valence-electron chi connectivity index (χ4n) is 1.33. The van der Waals surface area contributed by atoms with Crippen molar-refractivity contribution in [1.82, 2.24) is 0 Å². The number of hydrogen-bond acceptors (Lipinski definition) is 3. The Hall–Kier alpha value is -0.120. The van der Waals surface area contributed by atoms with Gasteiger partial charge in [0.05, 0.1) is 18.3 Å². The molecule has 3 heteroatoms. The van der Waals surface area contributed by atoms with Crippen LogP contribution in [0.5, 0.6) is 0 Å². The van der Waals surface area contributed by atoms with Crippen molar-refractivity contribution in [1.29, 1.82) is 0 Å².